The summed E-state index contributed by atoms with van der Waals surface area (Å²) in [5, 5.41) is 20.9. The Hall–Kier alpha value is -1.97. The predicted molar refractivity (Wildman–Crippen MR) is 98.7 cm³/mol. The van der Waals surface area contributed by atoms with Crippen molar-refractivity contribution in [3.63, 3.8) is 0 Å². The maximum atomic E-state index is 12.9. The van der Waals surface area contributed by atoms with Crippen LogP contribution in [0.4, 0.5) is 0 Å². The molecule has 0 aliphatic carbocycles. The lowest BCUT2D eigenvalue weighted by molar-refractivity contribution is -0.155. The first-order valence-corrected chi connectivity index (χ1v) is 10.2. The number of aliphatic carboxylic acids is 1. The molecular weight excluding hydrogens is 372 g/mol. The number of sulfonamides is 1. The second-order valence-electron chi connectivity index (χ2n) is 7.56. The molecule has 1 aliphatic rings. The smallest absolute Gasteiger partial charge is 0.337 e. The van der Waals surface area contributed by atoms with Gasteiger partial charge in [0.25, 0.3) is 5.91 Å². The minimum absolute atomic E-state index is 0.0152. The van der Waals surface area contributed by atoms with E-state index < -0.39 is 34.0 Å². The first kappa shape index (κ1) is 21.3. The minimum Gasteiger partial charge on any atom is -0.479 e. The van der Waals surface area contributed by atoms with Crippen LogP contribution in [0.25, 0.3) is 0 Å². The van der Waals surface area contributed by atoms with Crippen molar-refractivity contribution in [3.8, 4) is 0 Å². The lowest BCUT2D eigenvalue weighted by atomic mass is 9.94. The van der Waals surface area contributed by atoms with Crippen LogP contribution in [0.15, 0.2) is 29.2 Å². The average Bonchev–Trinajstić information content (AvgIpc) is 2.59. The molecule has 1 heterocycles. The zero-order valence-corrected chi connectivity index (χ0v) is 16.5. The SMILES string of the molecule is CC1CC(C)CN(S(=O)(=O)c2cccc(C(=O)NCC(C)(O)C(=O)O)c2)C1. The van der Waals surface area contributed by atoms with Crippen LogP contribution in [0.1, 0.15) is 37.6 Å². The van der Waals surface area contributed by atoms with E-state index in [4.69, 9.17) is 5.11 Å². The van der Waals surface area contributed by atoms with Gasteiger partial charge in [-0.05, 0) is 43.4 Å². The number of carbonyl (C=O) groups excluding carboxylic acids is 1. The number of aliphatic hydroxyl groups is 1. The molecule has 8 nitrogen and oxygen atoms in total. The Morgan fingerprint density at radius 3 is 2.41 bits per heavy atom. The Morgan fingerprint density at radius 2 is 1.85 bits per heavy atom. The molecule has 1 aromatic carbocycles. The quantitative estimate of drug-likeness (QED) is 0.655. The zero-order chi connectivity index (χ0) is 20.4. The summed E-state index contributed by atoms with van der Waals surface area (Å²) < 4.78 is 27.3. The topological polar surface area (TPSA) is 124 Å². The van der Waals surface area contributed by atoms with Crippen LogP contribution in [-0.2, 0) is 14.8 Å². The van der Waals surface area contributed by atoms with Crippen LogP contribution >= 0.6 is 0 Å². The van der Waals surface area contributed by atoms with E-state index in [2.05, 4.69) is 5.32 Å². The second-order valence-corrected chi connectivity index (χ2v) is 9.50. The first-order chi connectivity index (χ1) is 12.4. The molecule has 150 valence electrons. The Kier molecular flexibility index (Phi) is 6.28. The molecule has 3 unspecified atom stereocenters. The van der Waals surface area contributed by atoms with Crippen LogP contribution in [-0.4, -0.2) is 60.0 Å². The lowest BCUT2D eigenvalue weighted by Crippen LogP contribution is -2.46. The molecule has 0 bridgehead atoms. The maximum Gasteiger partial charge on any atom is 0.337 e. The largest absolute Gasteiger partial charge is 0.479 e. The van der Waals surface area contributed by atoms with Gasteiger partial charge in [0.2, 0.25) is 10.0 Å². The molecule has 1 aromatic rings. The molecule has 1 amide bonds. The van der Waals surface area contributed by atoms with Gasteiger partial charge < -0.3 is 15.5 Å². The molecular formula is C18H26N2O6S. The van der Waals surface area contributed by atoms with E-state index in [-0.39, 0.29) is 22.3 Å². The Balaban J connectivity index is 2.19. The Morgan fingerprint density at radius 1 is 1.26 bits per heavy atom. The van der Waals surface area contributed by atoms with E-state index in [0.29, 0.717) is 13.1 Å². The van der Waals surface area contributed by atoms with Gasteiger partial charge in [-0.25, -0.2) is 13.2 Å². The number of hydrogen-bond donors (Lipinski definition) is 3. The molecule has 9 heteroatoms. The molecule has 0 aromatic heterocycles. The monoisotopic (exact) mass is 398 g/mol. The van der Waals surface area contributed by atoms with Gasteiger partial charge in [0.15, 0.2) is 5.60 Å². The van der Waals surface area contributed by atoms with E-state index in [1.165, 1.54) is 28.6 Å². The van der Waals surface area contributed by atoms with Crippen LogP contribution in [0, 0.1) is 11.8 Å². The number of hydrogen-bond acceptors (Lipinski definition) is 5. The van der Waals surface area contributed by atoms with Gasteiger partial charge >= 0.3 is 5.97 Å². The van der Waals surface area contributed by atoms with E-state index in [0.717, 1.165) is 13.3 Å². The summed E-state index contributed by atoms with van der Waals surface area (Å²) >= 11 is 0. The van der Waals surface area contributed by atoms with Crippen LogP contribution in [0.2, 0.25) is 0 Å². The van der Waals surface area contributed by atoms with Crippen molar-refractivity contribution >= 4 is 21.9 Å². The van der Waals surface area contributed by atoms with Crippen molar-refractivity contribution < 1.29 is 28.2 Å². The summed E-state index contributed by atoms with van der Waals surface area (Å²) in [5.74, 6) is -1.61. The number of amides is 1. The van der Waals surface area contributed by atoms with E-state index in [9.17, 15) is 23.1 Å². The summed E-state index contributed by atoms with van der Waals surface area (Å²) in [7, 11) is -3.73. The highest BCUT2D eigenvalue weighted by atomic mass is 32.2. The van der Waals surface area contributed by atoms with Crippen molar-refractivity contribution in [1.82, 2.24) is 9.62 Å². The molecule has 2 rings (SSSR count). The first-order valence-electron chi connectivity index (χ1n) is 8.77. The summed E-state index contributed by atoms with van der Waals surface area (Å²) in [6, 6.07) is 5.60. The third-order valence-electron chi connectivity index (χ3n) is 4.62. The number of carbonyl (C=O) groups is 2. The standard InChI is InChI=1S/C18H26N2O6S/c1-12-7-13(2)10-20(9-12)27(25,26)15-6-4-5-14(8-15)16(21)19-11-18(3,24)17(22)23/h4-6,8,12-13,24H,7,9-11H2,1-3H3,(H,19,21)(H,22,23). The fraction of sp³-hybridized carbons (Fsp3) is 0.556. The Labute approximate surface area is 159 Å². The van der Waals surface area contributed by atoms with Gasteiger partial charge in [-0.15, -0.1) is 0 Å². The molecule has 3 atom stereocenters. The summed E-state index contributed by atoms with van der Waals surface area (Å²) in [4.78, 5) is 23.2. The second kappa shape index (κ2) is 7.95. The van der Waals surface area contributed by atoms with Crippen molar-refractivity contribution in [3.05, 3.63) is 29.8 Å². The van der Waals surface area contributed by atoms with Crippen molar-refractivity contribution in [1.29, 1.82) is 0 Å². The molecule has 1 aliphatic heterocycles. The van der Waals surface area contributed by atoms with Crippen LogP contribution in [0.5, 0.6) is 0 Å². The average molecular weight is 398 g/mol. The van der Waals surface area contributed by atoms with Crippen molar-refractivity contribution in [2.45, 2.75) is 37.7 Å². The van der Waals surface area contributed by atoms with Gasteiger partial charge in [-0.3, -0.25) is 4.79 Å². The van der Waals surface area contributed by atoms with Crippen molar-refractivity contribution in [2.24, 2.45) is 11.8 Å². The summed E-state index contributed by atoms with van der Waals surface area (Å²) in [6.45, 7) is 5.45. The number of nitrogens with zero attached hydrogens (tertiary/aromatic N) is 1. The van der Waals surface area contributed by atoms with Crippen LogP contribution < -0.4 is 5.32 Å². The van der Waals surface area contributed by atoms with E-state index in [1.54, 1.807) is 0 Å². The maximum absolute atomic E-state index is 12.9. The third-order valence-corrected chi connectivity index (χ3v) is 6.45. The number of nitrogens with one attached hydrogen (secondary N) is 1. The van der Waals surface area contributed by atoms with Gasteiger partial charge in [-0.2, -0.15) is 4.31 Å². The number of carboxylic acid groups (broad SMARTS) is 1. The van der Waals surface area contributed by atoms with Gasteiger partial charge in [0, 0.05) is 18.7 Å². The van der Waals surface area contributed by atoms with Crippen LogP contribution in [0.3, 0.4) is 0 Å². The van der Waals surface area contributed by atoms with Gasteiger partial charge in [0.1, 0.15) is 0 Å². The Bertz CT molecular complexity index is 811. The molecule has 3 N–H and O–H groups in total. The highest BCUT2D eigenvalue weighted by Crippen LogP contribution is 2.27. The zero-order valence-electron chi connectivity index (χ0n) is 15.7. The third kappa shape index (κ3) is 5.06. The molecule has 0 spiro atoms. The highest BCUT2D eigenvalue weighted by Gasteiger charge is 2.33. The number of benzene rings is 1. The summed E-state index contributed by atoms with van der Waals surface area (Å²) in [5.41, 5.74) is -2.03. The normalized spacial score (nSPS) is 23.4. The molecule has 1 saturated heterocycles. The number of rotatable bonds is 6. The fourth-order valence-corrected chi connectivity index (χ4v) is 4.90. The minimum atomic E-state index is -3.73. The number of piperidine rings is 1. The highest BCUT2D eigenvalue weighted by molar-refractivity contribution is 7.89. The fourth-order valence-electron chi connectivity index (χ4n) is 3.18. The molecule has 1 fully saturated rings. The number of carboxylic acids is 1. The van der Waals surface area contributed by atoms with E-state index >= 15 is 0 Å². The van der Waals surface area contributed by atoms with E-state index in [1.807, 2.05) is 13.8 Å². The van der Waals surface area contributed by atoms with Gasteiger partial charge in [-0.1, -0.05) is 19.9 Å². The predicted octanol–water partition coefficient (Wildman–Crippen LogP) is 0.919. The molecule has 27 heavy (non-hydrogen) atoms. The molecule has 0 radical (unpaired) electrons. The lowest BCUT2D eigenvalue weighted by Gasteiger charge is -2.34. The van der Waals surface area contributed by atoms with Crippen molar-refractivity contribution in [2.75, 3.05) is 19.6 Å². The van der Waals surface area contributed by atoms with Gasteiger partial charge in [0.05, 0.1) is 11.4 Å². The summed E-state index contributed by atoms with van der Waals surface area (Å²) in [6.07, 6.45) is 0.970. The molecule has 0 saturated carbocycles.